The van der Waals surface area contributed by atoms with E-state index in [1.54, 1.807) is 11.8 Å². The molecular formula is C11H18N2O3. The third-order valence-corrected chi connectivity index (χ3v) is 3.47. The Hall–Kier alpha value is -1.26. The minimum atomic E-state index is -0.291. The maximum atomic E-state index is 11.8. The van der Waals surface area contributed by atoms with Gasteiger partial charge in [0.1, 0.15) is 0 Å². The zero-order valence-electron chi connectivity index (χ0n) is 9.73. The Balaban J connectivity index is 2.18. The summed E-state index contributed by atoms with van der Waals surface area (Å²) in [5.74, 6) is 0.0474. The van der Waals surface area contributed by atoms with E-state index in [2.05, 4.69) is 5.32 Å². The first-order chi connectivity index (χ1) is 7.63. The van der Waals surface area contributed by atoms with Gasteiger partial charge in [0.15, 0.2) is 0 Å². The largest absolute Gasteiger partial charge is 0.450 e. The first kappa shape index (κ1) is 11.2. The van der Waals surface area contributed by atoms with Gasteiger partial charge in [0.2, 0.25) is 5.91 Å². The standard InChI is InChI=1S/C11H18N2O3/c1-3-16-11(15)13-7(2)9-5-4-8(13)6-10(14)12-9/h7-9H,3-6H2,1-2H3,(H,12,14)/t7-,8-,9-/m1/s1. The summed E-state index contributed by atoms with van der Waals surface area (Å²) in [6.45, 7) is 4.14. The average molecular weight is 226 g/mol. The van der Waals surface area contributed by atoms with Crippen LogP contribution in [0.25, 0.3) is 0 Å². The maximum Gasteiger partial charge on any atom is 0.410 e. The number of hydrogen-bond acceptors (Lipinski definition) is 3. The predicted octanol–water partition coefficient (Wildman–Crippen LogP) is 0.884. The number of fused-ring (bicyclic) bond motifs is 4. The van der Waals surface area contributed by atoms with Crippen LogP contribution in [0.5, 0.6) is 0 Å². The molecule has 0 aromatic carbocycles. The Morgan fingerprint density at radius 1 is 1.56 bits per heavy atom. The molecule has 0 aromatic rings. The van der Waals surface area contributed by atoms with Gasteiger partial charge in [-0.2, -0.15) is 0 Å². The number of carbonyl (C=O) groups is 2. The molecule has 3 fully saturated rings. The molecule has 0 unspecified atom stereocenters. The lowest BCUT2D eigenvalue weighted by Gasteiger charge is -2.40. The van der Waals surface area contributed by atoms with Crippen molar-refractivity contribution >= 4 is 12.0 Å². The van der Waals surface area contributed by atoms with Gasteiger partial charge in [0.05, 0.1) is 12.6 Å². The van der Waals surface area contributed by atoms with Crippen LogP contribution in [0.3, 0.4) is 0 Å². The van der Waals surface area contributed by atoms with Crippen molar-refractivity contribution in [2.45, 2.75) is 51.2 Å². The summed E-state index contributed by atoms with van der Waals surface area (Å²) in [5, 5.41) is 2.96. The molecule has 5 nitrogen and oxygen atoms in total. The number of ether oxygens (including phenoxy) is 1. The van der Waals surface area contributed by atoms with Gasteiger partial charge in [-0.1, -0.05) is 0 Å². The number of rotatable bonds is 1. The highest BCUT2D eigenvalue weighted by atomic mass is 16.6. The zero-order valence-corrected chi connectivity index (χ0v) is 9.73. The molecule has 0 aliphatic carbocycles. The van der Waals surface area contributed by atoms with Gasteiger partial charge in [-0.25, -0.2) is 4.79 Å². The molecule has 3 saturated heterocycles. The molecule has 2 bridgehead atoms. The number of nitrogens with zero attached hydrogens (tertiary/aromatic N) is 1. The second-order valence-electron chi connectivity index (χ2n) is 4.46. The zero-order chi connectivity index (χ0) is 11.7. The fraction of sp³-hybridized carbons (Fsp3) is 0.818. The van der Waals surface area contributed by atoms with E-state index in [1.807, 2.05) is 6.92 Å². The van der Waals surface area contributed by atoms with Crippen LogP contribution in [0.1, 0.15) is 33.1 Å². The van der Waals surface area contributed by atoms with Gasteiger partial charge >= 0.3 is 6.09 Å². The van der Waals surface area contributed by atoms with Gasteiger partial charge in [0, 0.05) is 18.5 Å². The monoisotopic (exact) mass is 226 g/mol. The van der Waals surface area contributed by atoms with Crippen LogP contribution in [-0.2, 0) is 9.53 Å². The van der Waals surface area contributed by atoms with E-state index in [0.717, 1.165) is 12.8 Å². The molecule has 5 heteroatoms. The summed E-state index contributed by atoms with van der Waals surface area (Å²) in [7, 11) is 0. The van der Waals surface area contributed by atoms with Crippen molar-refractivity contribution in [3.63, 3.8) is 0 Å². The molecule has 3 rings (SSSR count). The van der Waals surface area contributed by atoms with Crippen molar-refractivity contribution in [2.24, 2.45) is 0 Å². The minimum absolute atomic E-state index is 0.00722. The molecule has 3 aliphatic rings. The summed E-state index contributed by atoms with van der Waals surface area (Å²) < 4.78 is 5.04. The Labute approximate surface area is 95.1 Å². The van der Waals surface area contributed by atoms with E-state index in [9.17, 15) is 9.59 Å². The van der Waals surface area contributed by atoms with Crippen molar-refractivity contribution in [1.29, 1.82) is 0 Å². The van der Waals surface area contributed by atoms with Crippen LogP contribution in [0.2, 0.25) is 0 Å². The van der Waals surface area contributed by atoms with Gasteiger partial charge < -0.3 is 10.1 Å². The highest BCUT2D eigenvalue weighted by molar-refractivity contribution is 5.79. The third-order valence-electron chi connectivity index (χ3n) is 3.47. The Morgan fingerprint density at radius 3 is 3.00 bits per heavy atom. The van der Waals surface area contributed by atoms with Crippen LogP contribution in [0, 0.1) is 0 Å². The van der Waals surface area contributed by atoms with E-state index in [1.165, 1.54) is 0 Å². The van der Waals surface area contributed by atoms with E-state index < -0.39 is 0 Å². The van der Waals surface area contributed by atoms with E-state index in [-0.39, 0.29) is 30.1 Å². The van der Waals surface area contributed by atoms with E-state index >= 15 is 0 Å². The Bertz CT molecular complexity index is 306. The Morgan fingerprint density at radius 2 is 2.31 bits per heavy atom. The lowest BCUT2D eigenvalue weighted by atomic mass is 9.93. The third kappa shape index (κ3) is 1.86. The molecule has 0 radical (unpaired) electrons. The highest BCUT2D eigenvalue weighted by Crippen LogP contribution is 2.29. The Kier molecular flexibility index (Phi) is 3.03. The summed E-state index contributed by atoms with van der Waals surface area (Å²) >= 11 is 0. The highest BCUT2D eigenvalue weighted by Gasteiger charge is 2.42. The summed E-state index contributed by atoms with van der Waals surface area (Å²) in [6.07, 6.45) is 1.95. The smallest absolute Gasteiger partial charge is 0.410 e. The van der Waals surface area contributed by atoms with Crippen molar-refractivity contribution in [2.75, 3.05) is 6.61 Å². The molecule has 3 atom stereocenters. The van der Waals surface area contributed by atoms with Crippen molar-refractivity contribution in [3.8, 4) is 0 Å². The fourth-order valence-corrected chi connectivity index (χ4v) is 2.66. The van der Waals surface area contributed by atoms with Crippen molar-refractivity contribution in [1.82, 2.24) is 10.2 Å². The quantitative estimate of drug-likeness (QED) is 0.722. The lowest BCUT2D eigenvalue weighted by Crippen LogP contribution is -2.55. The molecule has 3 heterocycles. The molecule has 16 heavy (non-hydrogen) atoms. The first-order valence-electron chi connectivity index (χ1n) is 5.88. The lowest BCUT2D eigenvalue weighted by molar-refractivity contribution is -0.121. The van der Waals surface area contributed by atoms with Gasteiger partial charge in [-0.15, -0.1) is 0 Å². The molecule has 0 saturated carbocycles. The summed E-state index contributed by atoms with van der Waals surface area (Å²) in [5.41, 5.74) is 0. The molecule has 3 aliphatic heterocycles. The molecule has 90 valence electrons. The van der Waals surface area contributed by atoms with E-state index in [4.69, 9.17) is 4.74 Å². The average Bonchev–Trinajstić information content (AvgIpc) is 2.46. The van der Waals surface area contributed by atoms with Gasteiger partial charge in [0.25, 0.3) is 0 Å². The molecule has 0 spiro atoms. The predicted molar refractivity (Wildman–Crippen MR) is 57.9 cm³/mol. The molecule has 0 aromatic heterocycles. The molecule has 2 amide bonds. The first-order valence-corrected chi connectivity index (χ1v) is 5.88. The van der Waals surface area contributed by atoms with Gasteiger partial charge in [-0.3, -0.25) is 9.69 Å². The molecular weight excluding hydrogens is 208 g/mol. The maximum absolute atomic E-state index is 11.8. The van der Waals surface area contributed by atoms with E-state index in [0.29, 0.717) is 13.0 Å². The normalized spacial score (nSPS) is 33.2. The number of nitrogens with one attached hydrogen (secondary N) is 1. The second-order valence-corrected chi connectivity index (χ2v) is 4.46. The minimum Gasteiger partial charge on any atom is -0.450 e. The number of carbonyl (C=O) groups excluding carboxylic acids is 2. The van der Waals surface area contributed by atoms with Crippen molar-refractivity contribution < 1.29 is 14.3 Å². The number of amides is 2. The summed E-state index contributed by atoms with van der Waals surface area (Å²) in [4.78, 5) is 25.1. The van der Waals surface area contributed by atoms with Crippen LogP contribution in [0.4, 0.5) is 4.79 Å². The number of hydrogen-bond donors (Lipinski definition) is 1. The number of piperidine rings is 1. The van der Waals surface area contributed by atoms with Crippen LogP contribution in [0.15, 0.2) is 0 Å². The SMILES string of the molecule is CCOC(=O)N1[C@@H]2CC[C@@H](NC(=O)C2)[C@H]1C. The van der Waals surface area contributed by atoms with Crippen molar-refractivity contribution in [3.05, 3.63) is 0 Å². The van der Waals surface area contributed by atoms with Crippen LogP contribution in [-0.4, -0.2) is 41.6 Å². The fourth-order valence-electron chi connectivity index (χ4n) is 2.66. The van der Waals surface area contributed by atoms with Gasteiger partial charge in [-0.05, 0) is 26.7 Å². The topological polar surface area (TPSA) is 58.6 Å². The summed E-state index contributed by atoms with van der Waals surface area (Å²) in [6, 6.07) is 0.118. The van der Waals surface area contributed by atoms with Crippen LogP contribution < -0.4 is 5.32 Å². The van der Waals surface area contributed by atoms with Crippen LogP contribution >= 0.6 is 0 Å². The second kappa shape index (κ2) is 4.31. The molecule has 1 N–H and O–H groups in total.